The van der Waals surface area contributed by atoms with Crippen LogP contribution in [0.4, 0.5) is 0 Å². The van der Waals surface area contributed by atoms with Crippen LogP contribution in [0.3, 0.4) is 0 Å². The lowest BCUT2D eigenvalue weighted by Gasteiger charge is -2.03. The maximum atomic E-state index is 5.75. The van der Waals surface area contributed by atoms with Gasteiger partial charge in [-0.05, 0) is 36.9 Å². The first-order valence-corrected chi connectivity index (χ1v) is 6.07. The van der Waals surface area contributed by atoms with E-state index in [2.05, 4.69) is 28.3 Å². The summed E-state index contributed by atoms with van der Waals surface area (Å²) >= 11 is 7.45. The molecule has 2 aromatic rings. The Kier molecular flexibility index (Phi) is 3.03. The molecule has 0 radical (unpaired) electrons. The van der Waals surface area contributed by atoms with E-state index in [1.165, 1.54) is 10.4 Å². The van der Waals surface area contributed by atoms with E-state index in [1.807, 2.05) is 13.0 Å². The second-order valence-corrected chi connectivity index (χ2v) is 4.56. The zero-order valence-electron chi connectivity index (χ0n) is 8.62. The standard InChI is InChI=1S/C11H11ClN2S/c1-7-3-4-15-11(7)9-5-8(2)13-10(6-12)14-9/h3-5H,6H2,1-2H3. The molecule has 0 aliphatic rings. The molecule has 0 amide bonds. The molecule has 78 valence electrons. The number of hydrogen-bond acceptors (Lipinski definition) is 3. The van der Waals surface area contributed by atoms with Crippen molar-refractivity contribution in [3.05, 3.63) is 34.6 Å². The first-order chi connectivity index (χ1) is 7.20. The van der Waals surface area contributed by atoms with Crippen molar-refractivity contribution in [3.8, 4) is 10.6 Å². The summed E-state index contributed by atoms with van der Waals surface area (Å²) in [7, 11) is 0. The van der Waals surface area contributed by atoms with E-state index in [1.54, 1.807) is 11.3 Å². The predicted molar refractivity (Wildman–Crippen MR) is 64.4 cm³/mol. The van der Waals surface area contributed by atoms with Gasteiger partial charge in [0, 0.05) is 5.69 Å². The molecule has 0 atom stereocenters. The number of rotatable bonds is 2. The van der Waals surface area contributed by atoms with Gasteiger partial charge in [-0.1, -0.05) is 0 Å². The number of thiophene rings is 1. The number of nitrogens with zero attached hydrogens (tertiary/aromatic N) is 2. The van der Waals surface area contributed by atoms with E-state index in [-0.39, 0.29) is 0 Å². The molecule has 4 heteroatoms. The summed E-state index contributed by atoms with van der Waals surface area (Å²) in [6.07, 6.45) is 0. The average Bonchev–Trinajstić information content (AvgIpc) is 2.63. The van der Waals surface area contributed by atoms with Gasteiger partial charge in [-0.15, -0.1) is 22.9 Å². The third-order valence-corrected chi connectivity index (χ3v) is 3.39. The highest BCUT2D eigenvalue weighted by Crippen LogP contribution is 2.27. The Labute approximate surface area is 98.0 Å². The third-order valence-electron chi connectivity index (χ3n) is 2.11. The van der Waals surface area contributed by atoms with Crippen LogP contribution in [0.5, 0.6) is 0 Å². The Hall–Kier alpha value is -0.930. The van der Waals surface area contributed by atoms with Crippen molar-refractivity contribution in [1.29, 1.82) is 0 Å². The molecule has 0 saturated heterocycles. The summed E-state index contributed by atoms with van der Waals surface area (Å²) in [4.78, 5) is 9.88. The summed E-state index contributed by atoms with van der Waals surface area (Å²) in [5.74, 6) is 1.05. The minimum Gasteiger partial charge on any atom is -0.237 e. The highest BCUT2D eigenvalue weighted by Gasteiger charge is 2.07. The quantitative estimate of drug-likeness (QED) is 0.748. The van der Waals surface area contributed by atoms with Crippen molar-refractivity contribution in [3.63, 3.8) is 0 Å². The van der Waals surface area contributed by atoms with Crippen LogP contribution in [-0.4, -0.2) is 9.97 Å². The van der Waals surface area contributed by atoms with Gasteiger partial charge in [0.25, 0.3) is 0 Å². The summed E-state index contributed by atoms with van der Waals surface area (Å²) in [5.41, 5.74) is 3.19. The molecule has 0 aliphatic heterocycles. The fourth-order valence-electron chi connectivity index (χ4n) is 1.44. The second-order valence-electron chi connectivity index (χ2n) is 3.38. The molecule has 0 fully saturated rings. The molecule has 2 rings (SSSR count). The highest BCUT2D eigenvalue weighted by atomic mass is 35.5. The molecule has 0 spiro atoms. The largest absolute Gasteiger partial charge is 0.237 e. The van der Waals surface area contributed by atoms with Gasteiger partial charge in [0.1, 0.15) is 5.82 Å². The Balaban J connectivity index is 2.53. The molecule has 0 aliphatic carbocycles. The van der Waals surface area contributed by atoms with Gasteiger partial charge >= 0.3 is 0 Å². The van der Waals surface area contributed by atoms with Crippen LogP contribution in [0, 0.1) is 13.8 Å². The maximum Gasteiger partial charge on any atom is 0.144 e. The van der Waals surface area contributed by atoms with Crippen molar-refractivity contribution in [2.24, 2.45) is 0 Å². The lowest BCUT2D eigenvalue weighted by Crippen LogP contribution is -1.96. The predicted octanol–water partition coefficient (Wildman–Crippen LogP) is 3.56. The van der Waals surface area contributed by atoms with Crippen LogP contribution in [0.15, 0.2) is 17.5 Å². The Morgan fingerprint density at radius 1 is 1.33 bits per heavy atom. The van der Waals surface area contributed by atoms with Gasteiger partial charge in [-0.2, -0.15) is 0 Å². The minimum absolute atomic E-state index is 0.360. The van der Waals surface area contributed by atoms with Crippen molar-refractivity contribution >= 4 is 22.9 Å². The molecule has 0 bridgehead atoms. The van der Waals surface area contributed by atoms with Crippen LogP contribution in [0.1, 0.15) is 17.1 Å². The molecule has 0 N–H and O–H groups in total. The number of aromatic nitrogens is 2. The monoisotopic (exact) mass is 238 g/mol. The highest BCUT2D eigenvalue weighted by molar-refractivity contribution is 7.13. The maximum absolute atomic E-state index is 5.75. The van der Waals surface area contributed by atoms with E-state index in [0.29, 0.717) is 11.7 Å². The van der Waals surface area contributed by atoms with Crippen molar-refractivity contribution in [2.75, 3.05) is 0 Å². The lowest BCUT2D eigenvalue weighted by atomic mass is 10.2. The smallest absolute Gasteiger partial charge is 0.144 e. The first kappa shape index (κ1) is 10.6. The Morgan fingerprint density at radius 3 is 2.73 bits per heavy atom. The normalized spacial score (nSPS) is 10.6. The van der Waals surface area contributed by atoms with Crippen molar-refractivity contribution in [1.82, 2.24) is 9.97 Å². The van der Waals surface area contributed by atoms with E-state index in [0.717, 1.165) is 11.4 Å². The molecule has 0 saturated carbocycles. The molecule has 2 nitrogen and oxygen atoms in total. The van der Waals surface area contributed by atoms with E-state index in [4.69, 9.17) is 11.6 Å². The molecule has 0 aromatic carbocycles. The van der Waals surface area contributed by atoms with Crippen molar-refractivity contribution in [2.45, 2.75) is 19.7 Å². The summed E-state index contributed by atoms with van der Waals surface area (Å²) in [6, 6.07) is 4.09. The van der Waals surface area contributed by atoms with E-state index < -0.39 is 0 Å². The Bertz CT molecular complexity index is 479. The van der Waals surface area contributed by atoms with Crippen LogP contribution in [0.2, 0.25) is 0 Å². The fraction of sp³-hybridized carbons (Fsp3) is 0.273. The van der Waals surface area contributed by atoms with E-state index in [9.17, 15) is 0 Å². The zero-order chi connectivity index (χ0) is 10.8. The number of halogens is 1. The zero-order valence-corrected chi connectivity index (χ0v) is 10.2. The van der Waals surface area contributed by atoms with Crippen LogP contribution >= 0.6 is 22.9 Å². The SMILES string of the molecule is Cc1cc(-c2sccc2C)nc(CCl)n1. The third kappa shape index (κ3) is 2.19. The van der Waals surface area contributed by atoms with Gasteiger partial charge in [0.15, 0.2) is 0 Å². The van der Waals surface area contributed by atoms with Gasteiger partial charge < -0.3 is 0 Å². The van der Waals surface area contributed by atoms with Gasteiger partial charge in [0.05, 0.1) is 16.5 Å². The Morgan fingerprint density at radius 2 is 2.13 bits per heavy atom. The van der Waals surface area contributed by atoms with Crippen LogP contribution in [-0.2, 0) is 5.88 Å². The summed E-state index contributed by atoms with van der Waals surface area (Å²) in [5, 5.41) is 2.07. The van der Waals surface area contributed by atoms with E-state index >= 15 is 0 Å². The summed E-state index contributed by atoms with van der Waals surface area (Å²) in [6.45, 7) is 4.05. The van der Waals surface area contributed by atoms with Crippen LogP contribution in [0.25, 0.3) is 10.6 Å². The van der Waals surface area contributed by atoms with Gasteiger partial charge in [-0.25, -0.2) is 9.97 Å². The minimum atomic E-state index is 0.360. The summed E-state index contributed by atoms with van der Waals surface area (Å²) < 4.78 is 0. The topological polar surface area (TPSA) is 25.8 Å². The molecule has 2 aromatic heterocycles. The first-order valence-electron chi connectivity index (χ1n) is 4.65. The number of hydrogen-bond donors (Lipinski definition) is 0. The average molecular weight is 239 g/mol. The number of alkyl halides is 1. The lowest BCUT2D eigenvalue weighted by molar-refractivity contribution is 0.998. The fourth-order valence-corrected chi connectivity index (χ4v) is 2.45. The molecule has 15 heavy (non-hydrogen) atoms. The van der Waals surface area contributed by atoms with Crippen molar-refractivity contribution < 1.29 is 0 Å². The van der Waals surface area contributed by atoms with Gasteiger partial charge in [0.2, 0.25) is 0 Å². The molecular weight excluding hydrogens is 228 g/mol. The van der Waals surface area contributed by atoms with Gasteiger partial charge in [-0.3, -0.25) is 0 Å². The molecular formula is C11H11ClN2S. The van der Waals surface area contributed by atoms with Crippen LogP contribution < -0.4 is 0 Å². The molecule has 2 heterocycles. The number of aryl methyl sites for hydroxylation is 2. The second kappa shape index (κ2) is 4.29. The molecule has 0 unspecified atom stereocenters.